The fourth-order valence-corrected chi connectivity index (χ4v) is 4.44. The molecule has 3 rings (SSSR count). The zero-order valence-electron chi connectivity index (χ0n) is 22.0. The summed E-state index contributed by atoms with van der Waals surface area (Å²) in [6.45, 7) is 5.39. The zero-order chi connectivity index (χ0) is 28.9. The highest BCUT2D eigenvalue weighted by Crippen LogP contribution is 2.33. The Balaban J connectivity index is 1.97. The molecule has 0 spiro atoms. The lowest BCUT2D eigenvalue weighted by atomic mass is 9.92. The number of nitrogens with zero attached hydrogens (tertiary/aromatic N) is 2. The van der Waals surface area contributed by atoms with Crippen molar-refractivity contribution in [3.63, 3.8) is 0 Å². The summed E-state index contributed by atoms with van der Waals surface area (Å²) in [4.78, 5) is 50.0. The van der Waals surface area contributed by atoms with Crippen LogP contribution in [0.5, 0.6) is 0 Å². The van der Waals surface area contributed by atoms with Gasteiger partial charge in [-0.05, 0) is 60.7 Å². The van der Waals surface area contributed by atoms with E-state index in [1.165, 1.54) is 25.4 Å². The van der Waals surface area contributed by atoms with Crippen LogP contribution in [-0.2, 0) is 16.6 Å². The zero-order valence-corrected chi connectivity index (χ0v) is 22.0. The number of hydrogen-bond donors (Lipinski definition) is 3. The van der Waals surface area contributed by atoms with Gasteiger partial charge in [-0.2, -0.15) is 5.10 Å². The Kier molecular flexibility index (Phi) is 9.29. The Bertz CT molecular complexity index is 1450. The quantitative estimate of drug-likeness (QED) is 0.361. The van der Waals surface area contributed by atoms with Gasteiger partial charge in [0.1, 0.15) is 11.6 Å². The Labute approximate surface area is 223 Å². The number of hydrogen-bond acceptors (Lipinski definition) is 5. The van der Waals surface area contributed by atoms with Gasteiger partial charge < -0.3 is 15.7 Å². The number of aliphatic carboxylic acids is 1. The lowest BCUT2D eigenvalue weighted by Gasteiger charge is -2.24. The van der Waals surface area contributed by atoms with Crippen LogP contribution in [0.2, 0.25) is 0 Å². The molecule has 39 heavy (non-hydrogen) atoms. The molecule has 2 atom stereocenters. The van der Waals surface area contributed by atoms with Crippen molar-refractivity contribution in [3.8, 4) is 11.1 Å². The van der Waals surface area contributed by atoms with Crippen LogP contribution in [0.25, 0.3) is 11.1 Å². The molecule has 0 bridgehead atoms. The van der Waals surface area contributed by atoms with Crippen molar-refractivity contribution in [3.05, 3.63) is 86.8 Å². The number of amides is 2. The third-order valence-corrected chi connectivity index (χ3v) is 6.35. The van der Waals surface area contributed by atoms with Crippen LogP contribution in [0.1, 0.15) is 59.3 Å². The summed E-state index contributed by atoms with van der Waals surface area (Å²) in [6, 6.07) is 6.40. The second kappa shape index (κ2) is 12.4. The highest BCUT2D eigenvalue weighted by atomic mass is 19.2. The van der Waals surface area contributed by atoms with Crippen LogP contribution in [0.4, 0.5) is 8.78 Å². The van der Waals surface area contributed by atoms with Crippen molar-refractivity contribution in [1.29, 1.82) is 0 Å². The molecule has 0 aliphatic rings. The maximum atomic E-state index is 15.1. The van der Waals surface area contributed by atoms with Crippen LogP contribution in [0.15, 0.2) is 47.4 Å². The normalized spacial score (nSPS) is 12.5. The number of rotatable bonds is 10. The number of aromatic nitrogens is 2. The SMILES string of the molecule is CCC[C@H](NC(=O)c1ccnn(C)c1=O)C(=O)N[C@@H](CC(=O)O)c1cc(-c2c(C)cccc2C)cc(F)c1F. The van der Waals surface area contributed by atoms with Crippen LogP contribution in [-0.4, -0.2) is 38.7 Å². The van der Waals surface area contributed by atoms with E-state index in [0.717, 1.165) is 21.9 Å². The minimum absolute atomic E-state index is 0.141. The van der Waals surface area contributed by atoms with E-state index >= 15 is 4.39 Å². The van der Waals surface area contributed by atoms with E-state index in [1.807, 2.05) is 32.0 Å². The number of nitrogens with one attached hydrogen (secondary N) is 2. The third-order valence-electron chi connectivity index (χ3n) is 6.35. The van der Waals surface area contributed by atoms with Crippen molar-refractivity contribution in [2.45, 2.75) is 52.1 Å². The van der Waals surface area contributed by atoms with Crippen molar-refractivity contribution < 1.29 is 28.3 Å². The fourth-order valence-electron chi connectivity index (χ4n) is 4.44. The Morgan fingerprint density at radius 3 is 2.36 bits per heavy atom. The molecule has 0 aliphatic heterocycles. The summed E-state index contributed by atoms with van der Waals surface area (Å²) in [5.74, 6) is -5.46. The van der Waals surface area contributed by atoms with Gasteiger partial charge in [0, 0.05) is 18.8 Å². The fraction of sp³-hybridized carbons (Fsp3) is 0.321. The lowest BCUT2D eigenvalue weighted by molar-refractivity contribution is -0.137. The van der Waals surface area contributed by atoms with Crippen LogP contribution < -0.4 is 16.2 Å². The molecule has 2 aromatic carbocycles. The molecule has 0 unspecified atom stereocenters. The van der Waals surface area contributed by atoms with E-state index in [-0.39, 0.29) is 17.5 Å². The lowest BCUT2D eigenvalue weighted by Crippen LogP contribution is -2.49. The summed E-state index contributed by atoms with van der Waals surface area (Å²) in [5.41, 5.74) is 1.35. The first-order valence-electron chi connectivity index (χ1n) is 12.3. The predicted molar refractivity (Wildman–Crippen MR) is 140 cm³/mol. The molecule has 1 aromatic heterocycles. The molecule has 11 heteroatoms. The maximum Gasteiger partial charge on any atom is 0.305 e. The second-order valence-corrected chi connectivity index (χ2v) is 9.28. The monoisotopic (exact) mass is 540 g/mol. The Hall–Kier alpha value is -4.41. The predicted octanol–water partition coefficient (Wildman–Crippen LogP) is 3.57. The first-order valence-corrected chi connectivity index (χ1v) is 12.3. The van der Waals surface area contributed by atoms with E-state index < -0.39 is 53.5 Å². The van der Waals surface area contributed by atoms with Gasteiger partial charge in [0.15, 0.2) is 11.6 Å². The highest BCUT2D eigenvalue weighted by Gasteiger charge is 2.29. The van der Waals surface area contributed by atoms with E-state index in [2.05, 4.69) is 15.7 Å². The standard InChI is InChI=1S/C28H30F2N4O5/c1-5-7-21(32-26(37)18-10-11-31-34(4)28(18)39)27(38)33-22(14-23(35)36)19-12-17(13-20(29)25(19)30)24-15(2)8-6-9-16(24)3/h6,8-13,21-22H,5,7,14H2,1-4H3,(H,32,37)(H,33,38)(H,35,36)/t21-,22-/m0/s1. The topological polar surface area (TPSA) is 130 Å². The number of carbonyl (C=O) groups excluding carboxylic acids is 2. The summed E-state index contributed by atoms with van der Waals surface area (Å²) in [5, 5.41) is 18.2. The van der Waals surface area contributed by atoms with Gasteiger partial charge in [-0.3, -0.25) is 19.2 Å². The van der Waals surface area contributed by atoms with E-state index in [1.54, 1.807) is 6.92 Å². The molecule has 0 aliphatic carbocycles. The number of carboxylic acids is 1. The molecule has 206 valence electrons. The van der Waals surface area contributed by atoms with Gasteiger partial charge >= 0.3 is 5.97 Å². The molecule has 2 amide bonds. The number of carbonyl (C=O) groups is 3. The summed E-state index contributed by atoms with van der Waals surface area (Å²) < 4.78 is 30.9. The van der Waals surface area contributed by atoms with Gasteiger partial charge in [0.25, 0.3) is 11.5 Å². The summed E-state index contributed by atoms with van der Waals surface area (Å²) >= 11 is 0. The molecular weight excluding hydrogens is 510 g/mol. The number of halogens is 2. The number of benzene rings is 2. The maximum absolute atomic E-state index is 15.1. The van der Waals surface area contributed by atoms with Gasteiger partial charge in [-0.15, -0.1) is 0 Å². The van der Waals surface area contributed by atoms with E-state index in [4.69, 9.17) is 0 Å². The Morgan fingerprint density at radius 2 is 1.74 bits per heavy atom. The van der Waals surface area contributed by atoms with Gasteiger partial charge in [0.05, 0.1) is 12.5 Å². The molecule has 9 nitrogen and oxygen atoms in total. The largest absolute Gasteiger partial charge is 0.481 e. The van der Waals surface area contributed by atoms with Crippen LogP contribution in [0.3, 0.4) is 0 Å². The average molecular weight is 541 g/mol. The molecule has 3 aromatic rings. The number of carboxylic acid groups (broad SMARTS) is 1. The van der Waals surface area contributed by atoms with Crippen LogP contribution in [0, 0.1) is 25.5 Å². The molecule has 0 saturated heterocycles. The minimum atomic E-state index is -1.45. The van der Waals surface area contributed by atoms with Crippen molar-refractivity contribution in [1.82, 2.24) is 20.4 Å². The first-order chi connectivity index (χ1) is 18.4. The van der Waals surface area contributed by atoms with Gasteiger partial charge in [0.2, 0.25) is 5.91 Å². The van der Waals surface area contributed by atoms with Crippen molar-refractivity contribution in [2.24, 2.45) is 7.05 Å². The van der Waals surface area contributed by atoms with Crippen molar-refractivity contribution in [2.75, 3.05) is 0 Å². The van der Waals surface area contributed by atoms with Gasteiger partial charge in [-0.1, -0.05) is 31.5 Å². The van der Waals surface area contributed by atoms with Gasteiger partial charge in [-0.25, -0.2) is 13.5 Å². The first kappa shape index (κ1) is 29.2. The third kappa shape index (κ3) is 6.73. The summed E-state index contributed by atoms with van der Waals surface area (Å²) in [7, 11) is 1.37. The number of aryl methyl sites for hydroxylation is 3. The molecule has 0 fully saturated rings. The molecule has 3 N–H and O–H groups in total. The molecule has 1 heterocycles. The molecule has 0 radical (unpaired) electrons. The van der Waals surface area contributed by atoms with Crippen LogP contribution >= 0.6 is 0 Å². The summed E-state index contributed by atoms with van der Waals surface area (Å²) in [6.07, 6.45) is 1.11. The second-order valence-electron chi connectivity index (χ2n) is 9.28. The minimum Gasteiger partial charge on any atom is -0.481 e. The van der Waals surface area contributed by atoms with E-state index in [0.29, 0.717) is 17.5 Å². The smallest absolute Gasteiger partial charge is 0.305 e. The van der Waals surface area contributed by atoms with E-state index in [9.17, 15) is 28.7 Å². The molecular formula is C28H30F2N4O5. The highest BCUT2D eigenvalue weighted by molar-refractivity contribution is 5.97. The average Bonchev–Trinajstić information content (AvgIpc) is 2.86. The Morgan fingerprint density at radius 1 is 1.08 bits per heavy atom. The van der Waals surface area contributed by atoms with Crippen molar-refractivity contribution >= 4 is 17.8 Å². The molecule has 0 saturated carbocycles.